The fourth-order valence-corrected chi connectivity index (χ4v) is 5.54. The fraction of sp³-hybridized carbons (Fsp3) is 0.514. The molecule has 1 fully saturated rings. The third-order valence-electron chi connectivity index (χ3n) is 8.13. The largest absolute Gasteiger partial charge is 0.462 e. The summed E-state index contributed by atoms with van der Waals surface area (Å²) < 4.78 is 22.7. The van der Waals surface area contributed by atoms with Crippen LogP contribution in [-0.4, -0.2) is 53.6 Å². The molecular formula is C35H47NO7. The summed E-state index contributed by atoms with van der Waals surface area (Å²) in [5.74, 6) is -0.209. The number of hydrogen-bond acceptors (Lipinski definition) is 8. The van der Waals surface area contributed by atoms with Crippen molar-refractivity contribution in [1.82, 2.24) is 4.98 Å². The molecule has 234 valence electrons. The first-order valence-corrected chi connectivity index (χ1v) is 15.0. The molecule has 2 bridgehead atoms. The Balaban J connectivity index is 1.80. The van der Waals surface area contributed by atoms with Crippen LogP contribution in [0.15, 0.2) is 76.0 Å². The minimum Gasteiger partial charge on any atom is -0.462 e. The maximum atomic E-state index is 13.0. The highest BCUT2D eigenvalue weighted by atomic mass is 16.6. The van der Waals surface area contributed by atoms with E-state index in [1.54, 1.807) is 26.4 Å². The molecule has 7 unspecified atom stereocenters. The summed E-state index contributed by atoms with van der Waals surface area (Å²) in [6.07, 6.45) is 18.3. The number of aliphatic hydroxyl groups excluding tert-OH is 1. The van der Waals surface area contributed by atoms with Gasteiger partial charge in [0.05, 0.1) is 12.2 Å². The van der Waals surface area contributed by atoms with Gasteiger partial charge in [0.25, 0.3) is 0 Å². The predicted octanol–water partition coefficient (Wildman–Crippen LogP) is 6.62. The van der Waals surface area contributed by atoms with Crippen LogP contribution in [0.25, 0.3) is 6.08 Å². The summed E-state index contributed by atoms with van der Waals surface area (Å²) in [5, 5.41) is 11.1. The Hall–Kier alpha value is -3.49. The molecule has 1 saturated heterocycles. The molecule has 0 saturated carbocycles. The van der Waals surface area contributed by atoms with Crippen LogP contribution in [0.4, 0.5) is 0 Å². The number of rotatable bonds is 7. The molecule has 1 aromatic rings. The van der Waals surface area contributed by atoms with Crippen molar-refractivity contribution in [2.24, 2.45) is 17.8 Å². The molecule has 7 atom stereocenters. The maximum Gasteiger partial charge on any atom is 0.330 e. The maximum absolute atomic E-state index is 13.0. The molecule has 0 amide bonds. The highest BCUT2D eigenvalue weighted by Crippen LogP contribution is 2.30. The van der Waals surface area contributed by atoms with Gasteiger partial charge in [-0.25, -0.2) is 9.78 Å². The van der Waals surface area contributed by atoms with Crippen LogP contribution < -0.4 is 0 Å². The summed E-state index contributed by atoms with van der Waals surface area (Å²) in [7, 11) is 1.63. The van der Waals surface area contributed by atoms with Crippen LogP contribution in [0, 0.1) is 24.7 Å². The zero-order chi connectivity index (χ0) is 31.5. The van der Waals surface area contributed by atoms with Gasteiger partial charge >= 0.3 is 11.9 Å². The molecule has 0 spiro atoms. The molecule has 2 aliphatic rings. The number of aromatic nitrogens is 1. The lowest BCUT2D eigenvalue weighted by molar-refractivity contribution is -0.158. The van der Waals surface area contributed by atoms with Crippen LogP contribution in [0.3, 0.4) is 0 Å². The molecule has 1 N–H and O–H groups in total. The molecule has 0 aromatic carbocycles. The van der Waals surface area contributed by atoms with E-state index < -0.39 is 18.2 Å². The van der Waals surface area contributed by atoms with Gasteiger partial charge in [0.15, 0.2) is 5.89 Å². The number of esters is 2. The van der Waals surface area contributed by atoms with Crippen molar-refractivity contribution >= 4 is 18.0 Å². The summed E-state index contributed by atoms with van der Waals surface area (Å²) >= 11 is 0. The third kappa shape index (κ3) is 10.6. The number of aryl methyl sites for hydroxylation is 1. The molecule has 43 heavy (non-hydrogen) atoms. The minimum atomic E-state index is -0.830. The van der Waals surface area contributed by atoms with Crippen LogP contribution in [0.5, 0.6) is 0 Å². The second kappa shape index (κ2) is 16.4. The molecule has 3 heterocycles. The summed E-state index contributed by atoms with van der Waals surface area (Å²) in [6.45, 7) is 11.6. The summed E-state index contributed by atoms with van der Waals surface area (Å²) in [5.41, 5.74) is 3.46. The monoisotopic (exact) mass is 593 g/mol. The van der Waals surface area contributed by atoms with E-state index in [9.17, 15) is 14.7 Å². The Kier molecular flexibility index (Phi) is 13.0. The average molecular weight is 594 g/mol. The number of allylic oxidation sites excluding steroid dienone is 7. The van der Waals surface area contributed by atoms with Crippen LogP contribution in [0.2, 0.25) is 0 Å². The Labute approximate surface area is 255 Å². The van der Waals surface area contributed by atoms with Gasteiger partial charge < -0.3 is 23.7 Å². The second-order valence-corrected chi connectivity index (χ2v) is 11.8. The minimum absolute atomic E-state index is 0.0274. The molecule has 1 aromatic heterocycles. The quantitative estimate of drug-likeness (QED) is 0.278. The number of oxazole rings is 1. The number of aliphatic hydroxyl groups is 1. The number of nitrogens with zero attached hydrogens (tertiary/aromatic N) is 1. The zero-order valence-corrected chi connectivity index (χ0v) is 26.5. The number of fused-ring (bicyclic) bond motifs is 2. The lowest BCUT2D eigenvalue weighted by Gasteiger charge is -2.32. The van der Waals surface area contributed by atoms with Crippen molar-refractivity contribution in [2.45, 2.75) is 91.6 Å². The first-order valence-electron chi connectivity index (χ1n) is 15.0. The standard InChI is InChI=1S/C35H47NO7/c1-22(17-29-21-41-27(6)36-29)11-8-14-25(4)35(40-7)26(5)32-20-30(37)23(2)12-9-13-24(3)31-18-28(19-34(39)42-31)15-10-16-33(38)43-32/h8-14,16-17,21,24,26,28,30-32,35,37H,15,18-20H2,1-7H3/b11-8+,13-9+,16-10-,22-17+,23-12+,25-14-. The van der Waals surface area contributed by atoms with Crippen LogP contribution >= 0.6 is 0 Å². The van der Waals surface area contributed by atoms with Gasteiger partial charge in [0.2, 0.25) is 0 Å². The van der Waals surface area contributed by atoms with Crippen molar-refractivity contribution in [2.75, 3.05) is 7.11 Å². The Bertz CT molecular complexity index is 1280. The van der Waals surface area contributed by atoms with Gasteiger partial charge in [-0.2, -0.15) is 0 Å². The number of cyclic esters (lactones) is 1. The van der Waals surface area contributed by atoms with E-state index in [0.29, 0.717) is 18.7 Å². The fourth-order valence-electron chi connectivity index (χ4n) is 5.54. The molecule has 8 heteroatoms. The van der Waals surface area contributed by atoms with E-state index in [0.717, 1.165) is 28.8 Å². The van der Waals surface area contributed by atoms with Gasteiger partial charge in [-0.05, 0) is 62.3 Å². The third-order valence-corrected chi connectivity index (χ3v) is 8.13. The Morgan fingerprint density at radius 1 is 1.19 bits per heavy atom. The highest BCUT2D eigenvalue weighted by molar-refractivity contribution is 5.82. The molecule has 0 radical (unpaired) electrons. The van der Waals surface area contributed by atoms with Gasteiger partial charge in [0.1, 0.15) is 24.2 Å². The smallest absolute Gasteiger partial charge is 0.330 e. The van der Waals surface area contributed by atoms with Crippen molar-refractivity contribution in [1.29, 1.82) is 0 Å². The normalized spacial score (nSPS) is 30.6. The number of ether oxygens (including phenoxy) is 3. The number of carbonyl (C=O) groups excluding carboxylic acids is 2. The molecule has 0 aliphatic carbocycles. The van der Waals surface area contributed by atoms with Crippen molar-refractivity contribution in [3.05, 3.63) is 83.2 Å². The first kappa shape index (κ1) is 34.0. The van der Waals surface area contributed by atoms with Gasteiger partial charge in [0, 0.05) is 44.8 Å². The van der Waals surface area contributed by atoms with Crippen molar-refractivity contribution in [3.63, 3.8) is 0 Å². The van der Waals surface area contributed by atoms with Crippen LogP contribution in [-0.2, 0) is 23.8 Å². The van der Waals surface area contributed by atoms with E-state index >= 15 is 0 Å². The topological polar surface area (TPSA) is 108 Å². The van der Waals surface area contributed by atoms with E-state index in [-0.39, 0.29) is 42.4 Å². The van der Waals surface area contributed by atoms with Crippen LogP contribution in [0.1, 0.15) is 71.9 Å². The SMILES string of the molecule is COC(\C(C)=C/C=C/C(C)=C/c1coc(C)n1)C(C)C1CC(O)/C(C)=C/C=C/C(C)C2CC(C/C=C\C(=O)O1)CC(=O)O2. The average Bonchev–Trinajstić information content (AvgIpc) is 3.35. The predicted molar refractivity (Wildman–Crippen MR) is 167 cm³/mol. The molecule has 3 rings (SSSR count). The van der Waals surface area contributed by atoms with Gasteiger partial charge in [-0.15, -0.1) is 0 Å². The zero-order valence-electron chi connectivity index (χ0n) is 26.5. The van der Waals surface area contributed by atoms with Gasteiger partial charge in [-0.1, -0.05) is 56.4 Å². The molecule has 2 aliphatic heterocycles. The van der Waals surface area contributed by atoms with E-state index in [4.69, 9.17) is 18.6 Å². The van der Waals surface area contributed by atoms with Gasteiger partial charge in [-0.3, -0.25) is 4.79 Å². The lowest BCUT2D eigenvalue weighted by Crippen LogP contribution is -2.37. The summed E-state index contributed by atoms with van der Waals surface area (Å²) in [4.78, 5) is 29.5. The Morgan fingerprint density at radius 3 is 2.65 bits per heavy atom. The Morgan fingerprint density at radius 2 is 1.95 bits per heavy atom. The summed E-state index contributed by atoms with van der Waals surface area (Å²) in [6, 6.07) is 0. The highest BCUT2D eigenvalue weighted by Gasteiger charge is 2.33. The molecular weight excluding hydrogens is 546 g/mol. The van der Waals surface area contributed by atoms with E-state index in [1.165, 1.54) is 6.08 Å². The van der Waals surface area contributed by atoms with E-state index in [2.05, 4.69) is 4.98 Å². The van der Waals surface area contributed by atoms with Crippen molar-refractivity contribution in [3.8, 4) is 0 Å². The first-order chi connectivity index (χ1) is 20.5. The number of methoxy groups -OCH3 is 1. The van der Waals surface area contributed by atoms with E-state index in [1.807, 2.05) is 77.2 Å². The van der Waals surface area contributed by atoms with Crippen molar-refractivity contribution < 1.29 is 33.3 Å². The number of hydrogen-bond donors (Lipinski definition) is 1. The lowest BCUT2D eigenvalue weighted by atomic mass is 9.86. The number of carbonyl (C=O) groups is 2. The molecule has 8 nitrogen and oxygen atoms in total. The second-order valence-electron chi connectivity index (χ2n) is 11.8.